The van der Waals surface area contributed by atoms with Gasteiger partial charge >= 0.3 is 5.69 Å². The highest BCUT2D eigenvalue weighted by Gasteiger charge is 2.19. The summed E-state index contributed by atoms with van der Waals surface area (Å²) in [4.78, 5) is 20.6. The number of nitro benzene ring substituents is 2. The summed E-state index contributed by atoms with van der Waals surface area (Å²) in [6, 6.07) is 9.25. The molecule has 0 aliphatic heterocycles. The second-order valence-corrected chi connectivity index (χ2v) is 5.43. The highest BCUT2D eigenvalue weighted by Crippen LogP contribution is 2.37. The molecule has 0 bridgehead atoms. The Morgan fingerprint density at radius 3 is 2.35 bits per heavy atom. The van der Waals surface area contributed by atoms with Crippen molar-refractivity contribution in [2.75, 3.05) is 11.0 Å². The van der Waals surface area contributed by atoms with Crippen LogP contribution in [0.25, 0.3) is 0 Å². The number of rotatable bonds is 6. The molecular formula is C13H11N3O6S. The lowest BCUT2D eigenvalue weighted by molar-refractivity contribution is -0.386. The number of nitro groups is 2. The highest BCUT2D eigenvalue weighted by molar-refractivity contribution is 7.92. The molecule has 0 aliphatic rings. The van der Waals surface area contributed by atoms with Crippen LogP contribution in [-0.2, 0) is 11.4 Å². The predicted octanol–water partition coefficient (Wildman–Crippen LogP) is 3.00. The maximum Gasteiger partial charge on any atom is 0.311 e. The van der Waals surface area contributed by atoms with Gasteiger partial charge in [-0.05, 0) is 12.1 Å². The Morgan fingerprint density at radius 1 is 1.04 bits per heavy atom. The summed E-state index contributed by atoms with van der Waals surface area (Å²) in [5.41, 5.74) is -0.330. The zero-order valence-corrected chi connectivity index (χ0v) is 12.6. The van der Waals surface area contributed by atoms with Crippen LogP contribution < -0.4 is 9.46 Å². The van der Waals surface area contributed by atoms with E-state index >= 15 is 0 Å². The van der Waals surface area contributed by atoms with E-state index in [1.165, 1.54) is 42.7 Å². The first-order valence-electron chi connectivity index (χ1n) is 6.18. The quantitative estimate of drug-likeness (QED) is 0.487. The van der Waals surface area contributed by atoms with Gasteiger partial charge in [0.2, 0.25) is 5.75 Å². The van der Waals surface area contributed by atoms with Crippen molar-refractivity contribution in [1.29, 1.82) is 0 Å². The molecule has 2 aromatic rings. The molecule has 0 fully saturated rings. The zero-order valence-electron chi connectivity index (χ0n) is 11.8. The molecule has 1 atom stereocenters. The van der Waals surface area contributed by atoms with Crippen LogP contribution >= 0.6 is 0 Å². The van der Waals surface area contributed by atoms with Crippen molar-refractivity contribution in [3.05, 3.63) is 62.7 Å². The molecule has 23 heavy (non-hydrogen) atoms. The minimum Gasteiger partial charge on any atom is -0.593 e. The number of nitrogens with one attached hydrogen (secondary N) is 1. The molecule has 0 amide bonds. The van der Waals surface area contributed by atoms with Crippen molar-refractivity contribution in [2.24, 2.45) is 0 Å². The molecule has 0 spiro atoms. The number of nitrogens with zero attached hydrogens (tertiary/aromatic N) is 2. The highest BCUT2D eigenvalue weighted by atomic mass is 32.2. The lowest BCUT2D eigenvalue weighted by Gasteiger charge is -2.12. The summed E-state index contributed by atoms with van der Waals surface area (Å²) in [5.74, 6) is -0.119. The lowest BCUT2D eigenvalue weighted by atomic mass is 10.2. The number of hydrogen-bond acceptors (Lipinski definition) is 7. The van der Waals surface area contributed by atoms with Crippen molar-refractivity contribution < 1.29 is 19.1 Å². The fraction of sp³-hybridized carbons (Fsp3) is 0.0769. The van der Waals surface area contributed by atoms with Crippen molar-refractivity contribution in [2.45, 2.75) is 0 Å². The normalized spacial score (nSPS) is 11.6. The van der Waals surface area contributed by atoms with Gasteiger partial charge < -0.3 is 9.29 Å². The van der Waals surface area contributed by atoms with Gasteiger partial charge in [0.1, 0.15) is 11.9 Å². The Morgan fingerprint density at radius 2 is 1.74 bits per heavy atom. The predicted molar refractivity (Wildman–Crippen MR) is 84.0 cm³/mol. The van der Waals surface area contributed by atoms with E-state index in [1.807, 2.05) is 0 Å². The molecule has 120 valence electrons. The molecule has 0 aromatic heterocycles. The second kappa shape index (κ2) is 6.94. The summed E-state index contributed by atoms with van der Waals surface area (Å²) < 4.78 is 19.3. The Hall–Kier alpha value is -2.85. The summed E-state index contributed by atoms with van der Waals surface area (Å²) in [7, 11) is 0. The van der Waals surface area contributed by atoms with E-state index in [-0.39, 0.29) is 28.6 Å². The summed E-state index contributed by atoms with van der Waals surface area (Å²) in [6.45, 7) is 0. The summed E-state index contributed by atoms with van der Waals surface area (Å²) in [5, 5.41) is 21.9. The average molecular weight is 337 g/mol. The third-order valence-electron chi connectivity index (χ3n) is 2.71. The van der Waals surface area contributed by atoms with E-state index in [1.54, 1.807) is 0 Å². The second-order valence-electron chi connectivity index (χ2n) is 4.32. The fourth-order valence-corrected chi connectivity index (χ4v) is 2.24. The van der Waals surface area contributed by atoms with Crippen LogP contribution in [-0.4, -0.2) is 20.7 Å². The number of anilines is 1. The van der Waals surface area contributed by atoms with Gasteiger partial charge in [0.05, 0.1) is 27.3 Å². The van der Waals surface area contributed by atoms with E-state index < -0.39 is 21.2 Å². The van der Waals surface area contributed by atoms with Gasteiger partial charge in [-0.3, -0.25) is 20.2 Å². The Balaban J connectivity index is 2.46. The Bertz CT molecular complexity index is 752. The van der Waals surface area contributed by atoms with Crippen molar-refractivity contribution in [3.63, 3.8) is 0 Å². The van der Waals surface area contributed by atoms with E-state index in [2.05, 4.69) is 4.72 Å². The van der Waals surface area contributed by atoms with Gasteiger partial charge in [0, 0.05) is 12.1 Å². The molecular weight excluding hydrogens is 326 g/mol. The average Bonchev–Trinajstić information content (AvgIpc) is 2.48. The zero-order chi connectivity index (χ0) is 17.0. The molecule has 0 saturated heterocycles. The molecule has 0 heterocycles. The van der Waals surface area contributed by atoms with Gasteiger partial charge in [-0.25, -0.2) is 4.72 Å². The van der Waals surface area contributed by atoms with Gasteiger partial charge in [-0.15, -0.1) is 0 Å². The number of non-ortho nitro benzene ring substituents is 1. The molecule has 2 rings (SSSR count). The largest absolute Gasteiger partial charge is 0.593 e. The Kier molecular flexibility index (Phi) is 4.98. The molecule has 10 heteroatoms. The van der Waals surface area contributed by atoms with Gasteiger partial charge in [-0.1, -0.05) is 12.1 Å². The van der Waals surface area contributed by atoms with E-state index in [0.717, 1.165) is 6.07 Å². The number of ether oxygens (including phenoxy) is 1. The van der Waals surface area contributed by atoms with Crippen LogP contribution in [0.3, 0.4) is 0 Å². The first kappa shape index (κ1) is 16.5. The van der Waals surface area contributed by atoms with Crippen LogP contribution in [0.1, 0.15) is 0 Å². The van der Waals surface area contributed by atoms with Crippen LogP contribution in [0, 0.1) is 20.2 Å². The van der Waals surface area contributed by atoms with E-state index in [0.29, 0.717) is 0 Å². The Labute approximate surface area is 133 Å². The molecule has 0 aliphatic carbocycles. The number of para-hydroxylation sites is 2. The van der Waals surface area contributed by atoms with Gasteiger partial charge in [0.25, 0.3) is 5.69 Å². The monoisotopic (exact) mass is 337 g/mol. The standard InChI is InChI=1S/C13H11N3O6S/c1-23(21)14-10-7-6-9(15(17)18)8-13(10)22-12-5-3-2-4-11(12)16(19)20/h2-8,14H,1H3. The third kappa shape index (κ3) is 4.08. The van der Waals surface area contributed by atoms with Gasteiger partial charge in [0.15, 0.2) is 5.75 Å². The molecule has 1 N–H and O–H groups in total. The van der Waals surface area contributed by atoms with Crippen LogP contribution in [0.5, 0.6) is 11.5 Å². The van der Waals surface area contributed by atoms with Crippen molar-refractivity contribution in [1.82, 2.24) is 0 Å². The van der Waals surface area contributed by atoms with Gasteiger partial charge in [-0.2, -0.15) is 0 Å². The fourth-order valence-electron chi connectivity index (χ4n) is 1.76. The summed E-state index contributed by atoms with van der Waals surface area (Å²) >= 11 is -1.45. The maximum absolute atomic E-state index is 11.3. The van der Waals surface area contributed by atoms with E-state index in [9.17, 15) is 24.8 Å². The summed E-state index contributed by atoms with van der Waals surface area (Å²) in [6.07, 6.45) is 1.37. The SMILES string of the molecule is C[S+]([O-])Nc1ccc([N+](=O)[O-])cc1Oc1ccccc1[N+](=O)[O-]. The van der Waals surface area contributed by atoms with Crippen LogP contribution in [0.2, 0.25) is 0 Å². The van der Waals surface area contributed by atoms with Crippen molar-refractivity contribution >= 4 is 28.4 Å². The third-order valence-corrected chi connectivity index (χ3v) is 3.22. The smallest absolute Gasteiger partial charge is 0.311 e. The number of hydrogen-bond donors (Lipinski definition) is 1. The molecule has 0 radical (unpaired) electrons. The molecule has 0 saturated carbocycles. The minimum absolute atomic E-state index is 0.0382. The van der Waals surface area contributed by atoms with Crippen LogP contribution in [0.4, 0.5) is 17.1 Å². The number of benzene rings is 2. The minimum atomic E-state index is -1.45. The first-order chi connectivity index (χ1) is 10.9. The molecule has 1 unspecified atom stereocenters. The van der Waals surface area contributed by atoms with Crippen LogP contribution in [0.15, 0.2) is 42.5 Å². The first-order valence-corrected chi connectivity index (χ1v) is 7.74. The van der Waals surface area contributed by atoms with E-state index in [4.69, 9.17) is 4.74 Å². The maximum atomic E-state index is 11.3. The topological polar surface area (TPSA) is 131 Å². The molecule has 9 nitrogen and oxygen atoms in total. The molecule has 2 aromatic carbocycles. The lowest BCUT2D eigenvalue weighted by Crippen LogP contribution is -2.10. The van der Waals surface area contributed by atoms with Crippen molar-refractivity contribution in [3.8, 4) is 11.5 Å².